The van der Waals surface area contributed by atoms with E-state index in [9.17, 15) is 14.4 Å². The van der Waals surface area contributed by atoms with Gasteiger partial charge >= 0.3 is 12.1 Å². The number of anilines is 2. The lowest BCUT2D eigenvalue weighted by molar-refractivity contribution is -0.142. The van der Waals surface area contributed by atoms with Gasteiger partial charge in [0.1, 0.15) is 0 Å². The topological polar surface area (TPSA) is 111 Å². The van der Waals surface area contributed by atoms with E-state index in [1.165, 1.54) is 12.8 Å². The molecule has 0 saturated carbocycles. The highest BCUT2D eigenvalue weighted by molar-refractivity contribution is 7.10. The number of thiophene rings is 1. The highest BCUT2D eigenvalue weighted by Crippen LogP contribution is 2.34. The molecule has 0 aliphatic carbocycles. The van der Waals surface area contributed by atoms with Crippen molar-refractivity contribution in [1.82, 2.24) is 19.6 Å². The van der Waals surface area contributed by atoms with E-state index in [2.05, 4.69) is 17.3 Å². The van der Waals surface area contributed by atoms with Crippen molar-refractivity contribution >= 4 is 52.3 Å². The van der Waals surface area contributed by atoms with Crippen molar-refractivity contribution in [3.63, 3.8) is 0 Å². The van der Waals surface area contributed by atoms with Crippen LogP contribution in [-0.2, 0) is 22.5 Å². The minimum absolute atomic E-state index is 0.0347. The molecule has 2 aromatic rings. The Hall–Kier alpha value is -3.02. The zero-order valence-corrected chi connectivity index (χ0v) is 27.9. The number of benzene rings is 1. The maximum Gasteiger partial charge on any atom is 0.410 e. The molecule has 244 valence electrons. The van der Waals surface area contributed by atoms with E-state index in [1.54, 1.807) is 22.3 Å². The molecule has 4 aliphatic rings. The van der Waals surface area contributed by atoms with Crippen LogP contribution in [-0.4, -0.2) is 96.1 Å². The molecule has 45 heavy (non-hydrogen) atoms. The Balaban J connectivity index is 1.09. The van der Waals surface area contributed by atoms with Gasteiger partial charge in [-0.1, -0.05) is 17.7 Å². The number of fused-ring (bicyclic) bond motifs is 1. The Bertz CT molecular complexity index is 1370. The normalized spacial score (nSPS) is 21.4. The summed E-state index contributed by atoms with van der Waals surface area (Å²) in [6, 6.07) is 5.55. The largest absolute Gasteiger partial charge is 0.436 e. The molecule has 1 atom stereocenters. The number of carbonyl (C=O) groups is 3. The van der Waals surface area contributed by atoms with E-state index >= 15 is 0 Å². The number of aryl methyl sites for hydroxylation is 1. The van der Waals surface area contributed by atoms with Crippen molar-refractivity contribution in [1.29, 1.82) is 0 Å². The van der Waals surface area contributed by atoms with Crippen molar-refractivity contribution in [3.8, 4) is 0 Å². The predicted octanol–water partition coefficient (Wildman–Crippen LogP) is 5.43. The van der Waals surface area contributed by atoms with Gasteiger partial charge in [-0.05, 0) is 106 Å². The number of nitrogens with two attached hydrogens (primary N) is 1. The van der Waals surface area contributed by atoms with Crippen LogP contribution < -0.4 is 11.1 Å². The van der Waals surface area contributed by atoms with E-state index < -0.39 is 12.2 Å². The molecule has 10 nitrogen and oxygen atoms in total. The number of urea groups is 1. The molecule has 4 amide bonds. The van der Waals surface area contributed by atoms with Crippen LogP contribution in [0.1, 0.15) is 54.5 Å². The van der Waals surface area contributed by atoms with E-state index in [0.29, 0.717) is 62.2 Å². The van der Waals surface area contributed by atoms with Crippen molar-refractivity contribution < 1.29 is 19.1 Å². The Morgan fingerprint density at radius 2 is 1.67 bits per heavy atom. The van der Waals surface area contributed by atoms with Crippen molar-refractivity contribution in [3.05, 3.63) is 44.6 Å². The Kier molecular flexibility index (Phi) is 9.77. The van der Waals surface area contributed by atoms with Gasteiger partial charge in [0.15, 0.2) is 6.10 Å². The molecular formula is C33H45ClN6O4S. The molecule has 6 rings (SSSR count). The van der Waals surface area contributed by atoms with Gasteiger partial charge in [-0.2, -0.15) is 0 Å². The third-order valence-electron chi connectivity index (χ3n) is 10.3. The molecule has 3 saturated heterocycles. The predicted molar refractivity (Wildman–Crippen MR) is 178 cm³/mol. The number of hydrogen-bond acceptors (Lipinski definition) is 7. The standard InChI is InChI=1S/C33H45ClN6O4S/c1-21-17-22(18-26(34)30(21)35)19-28(31(41)38-12-5-24(6-13-38)23-3-10-37(2)11-4-23)44-33(43)39-14-7-25(8-15-39)40-20-29-27(9-16-45-29)36-32(40)42/h9,16-18,23-25,28H,3-8,10-15,19-20,35H2,1-2H3,(H,36,42)/t28-/m1/s1. The van der Waals surface area contributed by atoms with Crippen LogP contribution in [0, 0.1) is 18.8 Å². The lowest BCUT2D eigenvalue weighted by Gasteiger charge is -2.41. The first-order valence-corrected chi connectivity index (χ1v) is 17.5. The van der Waals surface area contributed by atoms with Gasteiger partial charge in [-0.15, -0.1) is 11.3 Å². The quantitative estimate of drug-likeness (QED) is 0.401. The summed E-state index contributed by atoms with van der Waals surface area (Å²) in [6.07, 6.45) is 4.50. The fourth-order valence-electron chi connectivity index (χ4n) is 7.47. The molecule has 1 aromatic heterocycles. The summed E-state index contributed by atoms with van der Waals surface area (Å²) in [5.41, 5.74) is 9.12. The number of piperidine rings is 3. The number of nitrogens with zero attached hydrogens (tertiary/aromatic N) is 4. The van der Waals surface area contributed by atoms with Gasteiger partial charge < -0.3 is 35.4 Å². The number of amides is 4. The van der Waals surface area contributed by atoms with E-state index in [4.69, 9.17) is 22.1 Å². The van der Waals surface area contributed by atoms with Crippen molar-refractivity contribution in [2.75, 3.05) is 57.4 Å². The number of halogens is 1. The van der Waals surface area contributed by atoms with Crippen molar-refractivity contribution in [2.45, 2.75) is 70.6 Å². The Morgan fingerprint density at radius 1 is 1.02 bits per heavy atom. The van der Waals surface area contributed by atoms with Gasteiger partial charge in [0.25, 0.3) is 5.91 Å². The zero-order valence-electron chi connectivity index (χ0n) is 26.3. The summed E-state index contributed by atoms with van der Waals surface area (Å²) in [5, 5.41) is 5.40. The maximum absolute atomic E-state index is 14.0. The van der Waals surface area contributed by atoms with Gasteiger partial charge in [0.2, 0.25) is 0 Å². The number of ether oxygens (including phenoxy) is 1. The summed E-state index contributed by atoms with van der Waals surface area (Å²) < 4.78 is 6.04. The second-order valence-electron chi connectivity index (χ2n) is 13.2. The number of nitrogen functional groups attached to an aromatic ring is 1. The Morgan fingerprint density at radius 3 is 2.33 bits per heavy atom. The van der Waals surface area contributed by atoms with Gasteiger partial charge in [-0.25, -0.2) is 9.59 Å². The third kappa shape index (κ3) is 7.20. The van der Waals surface area contributed by atoms with E-state index in [1.807, 2.05) is 34.2 Å². The fourth-order valence-corrected chi connectivity index (χ4v) is 8.59. The van der Waals surface area contributed by atoms with Crippen LogP contribution >= 0.6 is 22.9 Å². The second-order valence-corrected chi connectivity index (χ2v) is 14.6. The van der Waals surface area contributed by atoms with Gasteiger partial charge in [0, 0.05) is 43.5 Å². The molecule has 1 aromatic carbocycles. The lowest BCUT2D eigenvalue weighted by Crippen LogP contribution is -2.52. The molecular weight excluding hydrogens is 612 g/mol. The minimum atomic E-state index is -0.959. The van der Waals surface area contributed by atoms with E-state index in [0.717, 1.165) is 53.5 Å². The minimum Gasteiger partial charge on any atom is -0.436 e. The average molecular weight is 657 g/mol. The fraction of sp³-hybridized carbons (Fsp3) is 0.606. The molecule has 12 heteroatoms. The Labute approximate surface area is 274 Å². The van der Waals surface area contributed by atoms with Crippen LogP contribution in [0.5, 0.6) is 0 Å². The van der Waals surface area contributed by atoms with Crippen LogP contribution in [0.2, 0.25) is 5.02 Å². The summed E-state index contributed by atoms with van der Waals surface area (Å²) in [4.78, 5) is 49.2. The summed E-state index contributed by atoms with van der Waals surface area (Å²) >= 11 is 8.03. The molecule has 0 unspecified atom stereocenters. The van der Waals surface area contributed by atoms with Crippen LogP contribution in [0.15, 0.2) is 23.6 Å². The van der Waals surface area contributed by atoms with Crippen LogP contribution in [0.25, 0.3) is 0 Å². The molecule has 3 N–H and O–H groups in total. The van der Waals surface area contributed by atoms with E-state index in [-0.39, 0.29) is 24.4 Å². The first-order valence-electron chi connectivity index (χ1n) is 16.3. The number of carbonyl (C=O) groups excluding carboxylic acids is 3. The molecule has 0 radical (unpaired) electrons. The molecule has 5 heterocycles. The number of likely N-dealkylation sites (tertiary alicyclic amines) is 3. The summed E-state index contributed by atoms with van der Waals surface area (Å²) in [6.45, 7) is 7.03. The average Bonchev–Trinajstić information content (AvgIpc) is 3.50. The lowest BCUT2D eigenvalue weighted by atomic mass is 9.79. The highest BCUT2D eigenvalue weighted by Gasteiger charge is 2.37. The van der Waals surface area contributed by atoms with Crippen LogP contribution in [0.3, 0.4) is 0 Å². The number of hydrogen-bond donors (Lipinski definition) is 2. The molecule has 0 spiro atoms. The molecule has 3 fully saturated rings. The summed E-state index contributed by atoms with van der Waals surface area (Å²) in [7, 11) is 2.18. The smallest absolute Gasteiger partial charge is 0.410 e. The van der Waals surface area contributed by atoms with Gasteiger partial charge in [0.05, 0.1) is 22.9 Å². The SMILES string of the molecule is Cc1cc(C[C@@H](OC(=O)N2CCC(N3Cc4sccc4NC3=O)CC2)C(=O)N2CCC(C3CCN(C)CC3)CC2)cc(Cl)c1N. The first-order chi connectivity index (χ1) is 21.7. The maximum atomic E-state index is 14.0. The monoisotopic (exact) mass is 656 g/mol. The number of nitrogens with one attached hydrogen (secondary N) is 1. The summed E-state index contributed by atoms with van der Waals surface area (Å²) in [5.74, 6) is 1.21. The van der Waals surface area contributed by atoms with Crippen LogP contribution in [0.4, 0.5) is 21.0 Å². The highest BCUT2D eigenvalue weighted by atomic mass is 35.5. The third-order valence-corrected chi connectivity index (χ3v) is 11.6. The first kappa shape index (κ1) is 31.9. The zero-order chi connectivity index (χ0) is 31.7. The molecule has 4 aliphatic heterocycles. The van der Waals surface area contributed by atoms with Gasteiger partial charge in [-0.3, -0.25) is 4.79 Å². The second kappa shape index (κ2) is 13.8. The number of rotatable bonds is 6. The molecule has 0 bridgehead atoms. The van der Waals surface area contributed by atoms with Crippen molar-refractivity contribution in [2.24, 2.45) is 11.8 Å².